The Morgan fingerprint density at radius 2 is 2.03 bits per heavy atom. The summed E-state index contributed by atoms with van der Waals surface area (Å²) in [5.41, 5.74) is -0.238. The molecule has 2 aliphatic rings. The number of aromatic nitrogens is 2. The van der Waals surface area contributed by atoms with Gasteiger partial charge < -0.3 is 19.6 Å². The first kappa shape index (κ1) is 24.3. The van der Waals surface area contributed by atoms with Crippen molar-refractivity contribution >= 4 is 21.6 Å². The second-order valence-corrected chi connectivity index (χ2v) is 11.6. The molecule has 1 N–H and O–H groups in total. The molecule has 1 aromatic carbocycles. The van der Waals surface area contributed by atoms with Crippen LogP contribution in [0.1, 0.15) is 75.1 Å². The number of sulfone groups is 1. The average molecular weight is 493 g/mol. The molecule has 2 fully saturated rings. The third-order valence-corrected chi connectivity index (χ3v) is 7.60. The van der Waals surface area contributed by atoms with E-state index in [1.165, 1.54) is 12.1 Å². The molecular formula is C23H29FN4O5S. The van der Waals surface area contributed by atoms with Crippen LogP contribution in [0.3, 0.4) is 0 Å². The van der Waals surface area contributed by atoms with E-state index in [0.717, 1.165) is 25.2 Å². The quantitative estimate of drug-likeness (QED) is 0.578. The zero-order valence-electron chi connectivity index (χ0n) is 19.5. The smallest absolute Gasteiger partial charge is 0.410 e. The normalized spacial score (nSPS) is 19.0. The third kappa shape index (κ3) is 5.45. The van der Waals surface area contributed by atoms with Crippen LogP contribution in [0.4, 0.5) is 9.18 Å². The zero-order valence-corrected chi connectivity index (χ0v) is 20.3. The lowest BCUT2D eigenvalue weighted by Gasteiger charge is -2.30. The van der Waals surface area contributed by atoms with Crippen molar-refractivity contribution in [1.29, 1.82) is 5.41 Å². The molecule has 184 valence electrons. The maximum Gasteiger partial charge on any atom is 0.410 e. The van der Waals surface area contributed by atoms with Gasteiger partial charge in [0.25, 0.3) is 0 Å². The number of nitrogens with zero attached hydrogens (tertiary/aromatic N) is 3. The lowest BCUT2D eigenvalue weighted by atomic mass is 9.96. The van der Waals surface area contributed by atoms with E-state index in [-0.39, 0.29) is 46.1 Å². The first-order valence-corrected chi connectivity index (χ1v) is 13.2. The summed E-state index contributed by atoms with van der Waals surface area (Å²) in [7, 11) is -3.53. The SMILES string of the molecule is C[C@@H](CC(=N)c1ccc(S(C)(=O)=O)cc1F)c1nc(C2CCN(C(=O)OC3(C)CC3)CC2)no1. The maximum atomic E-state index is 14.4. The van der Waals surface area contributed by atoms with Crippen molar-refractivity contribution in [2.75, 3.05) is 19.3 Å². The van der Waals surface area contributed by atoms with Crippen molar-refractivity contribution in [3.05, 3.63) is 41.3 Å². The molecule has 34 heavy (non-hydrogen) atoms. The molecule has 4 rings (SSSR count). The minimum Gasteiger partial charge on any atom is -0.443 e. The van der Waals surface area contributed by atoms with Gasteiger partial charge in [0.05, 0.1) is 4.90 Å². The molecule has 1 atom stereocenters. The van der Waals surface area contributed by atoms with Crippen molar-refractivity contribution in [2.24, 2.45) is 0 Å². The van der Waals surface area contributed by atoms with Crippen LogP contribution in [0.15, 0.2) is 27.6 Å². The van der Waals surface area contributed by atoms with Gasteiger partial charge in [-0.3, -0.25) is 0 Å². The van der Waals surface area contributed by atoms with E-state index in [2.05, 4.69) is 10.1 Å². The Morgan fingerprint density at radius 3 is 2.62 bits per heavy atom. The number of amides is 1. The Bertz CT molecular complexity index is 1200. The Labute approximate surface area is 198 Å². The van der Waals surface area contributed by atoms with Crippen LogP contribution in [0.2, 0.25) is 0 Å². The number of hydrogen-bond acceptors (Lipinski definition) is 8. The molecule has 2 aromatic rings. The van der Waals surface area contributed by atoms with Gasteiger partial charge in [0.2, 0.25) is 5.89 Å². The largest absolute Gasteiger partial charge is 0.443 e. The Hall–Kier alpha value is -2.82. The summed E-state index contributed by atoms with van der Waals surface area (Å²) < 4.78 is 48.6. The lowest BCUT2D eigenvalue weighted by Crippen LogP contribution is -2.40. The summed E-state index contributed by atoms with van der Waals surface area (Å²) >= 11 is 0. The van der Waals surface area contributed by atoms with Gasteiger partial charge in [0.1, 0.15) is 11.4 Å². The minimum atomic E-state index is -3.53. The van der Waals surface area contributed by atoms with E-state index in [9.17, 15) is 17.6 Å². The number of ether oxygens (including phenoxy) is 1. The highest BCUT2D eigenvalue weighted by Gasteiger charge is 2.43. The molecule has 1 aromatic heterocycles. The van der Waals surface area contributed by atoms with Gasteiger partial charge in [-0.2, -0.15) is 4.98 Å². The standard InChI is InChI=1S/C23H29FN4O5S/c1-14(12-19(25)17-5-4-16(13-18(17)24)34(3,30)31)21-26-20(27-33-21)15-6-10-28(11-7-15)22(29)32-23(2)8-9-23/h4-5,13-15,25H,6-12H2,1-3H3/t14-/m0/s1. The monoisotopic (exact) mass is 492 g/mol. The molecule has 11 heteroatoms. The summed E-state index contributed by atoms with van der Waals surface area (Å²) in [6.07, 6.45) is 4.12. The second-order valence-electron chi connectivity index (χ2n) is 9.57. The van der Waals surface area contributed by atoms with E-state index >= 15 is 0 Å². The van der Waals surface area contributed by atoms with Gasteiger partial charge in [0, 0.05) is 48.9 Å². The number of halogens is 1. The predicted octanol–water partition coefficient (Wildman–Crippen LogP) is 4.04. The Balaban J connectivity index is 1.33. The molecule has 0 unspecified atom stereocenters. The third-order valence-electron chi connectivity index (χ3n) is 6.49. The molecule has 0 spiro atoms. The number of carbonyl (C=O) groups excluding carboxylic acids is 1. The molecule has 0 bridgehead atoms. The molecule has 1 aliphatic heterocycles. The van der Waals surface area contributed by atoms with Gasteiger partial charge in [-0.25, -0.2) is 17.6 Å². The summed E-state index contributed by atoms with van der Waals surface area (Å²) in [4.78, 5) is 18.4. The van der Waals surface area contributed by atoms with Crippen LogP contribution >= 0.6 is 0 Å². The molecule has 1 amide bonds. The molecule has 1 aliphatic carbocycles. The fourth-order valence-corrected chi connectivity index (χ4v) is 4.59. The van der Waals surface area contributed by atoms with Crippen molar-refractivity contribution in [3.63, 3.8) is 0 Å². The molecule has 0 radical (unpaired) electrons. The molecule has 2 heterocycles. The summed E-state index contributed by atoms with van der Waals surface area (Å²) in [6, 6.07) is 3.54. The maximum absolute atomic E-state index is 14.4. The Morgan fingerprint density at radius 1 is 1.35 bits per heavy atom. The van der Waals surface area contributed by atoms with Crippen LogP contribution in [-0.4, -0.2) is 60.2 Å². The molecule has 1 saturated heterocycles. The molecule has 1 saturated carbocycles. The van der Waals surface area contributed by atoms with Gasteiger partial charge in [-0.05, 0) is 50.8 Å². The predicted molar refractivity (Wildman–Crippen MR) is 121 cm³/mol. The lowest BCUT2D eigenvalue weighted by molar-refractivity contribution is 0.0517. The number of nitrogens with one attached hydrogen (secondary N) is 1. The van der Waals surface area contributed by atoms with Crippen molar-refractivity contribution < 1.29 is 26.9 Å². The van der Waals surface area contributed by atoms with E-state index in [1.807, 2.05) is 13.8 Å². The highest BCUT2D eigenvalue weighted by molar-refractivity contribution is 7.90. The topological polar surface area (TPSA) is 126 Å². The number of hydrogen-bond donors (Lipinski definition) is 1. The molecule has 9 nitrogen and oxygen atoms in total. The average Bonchev–Trinajstić information content (AvgIpc) is 3.29. The van der Waals surface area contributed by atoms with Crippen LogP contribution in [0, 0.1) is 11.2 Å². The Kier molecular flexibility index (Phi) is 6.50. The van der Waals surface area contributed by atoms with Gasteiger partial charge in [0.15, 0.2) is 15.7 Å². The first-order valence-electron chi connectivity index (χ1n) is 11.3. The number of likely N-dealkylation sites (tertiary alicyclic amines) is 1. The van der Waals surface area contributed by atoms with E-state index in [4.69, 9.17) is 14.7 Å². The highest BCUT2D eigenvalue weighted by Crippen LogP contribution is 2.39. The summed E-state index contributed by atoms with van der Waals surface area (Å²) in [5, 5.41) is 12.4. The van der Waals surface area contributed by atoms with Crippen LogP contribution in [-0.2, 0) is 14.6 Å². The zero-order chi connectivity index (χ0) is 24.7. The highest BCUT2D eigenvalue weighted by atomic mass is 32.2. The number of benzene rings is 1. The van der Waals surface area contributed by atoms with Crippen LogP contribution < -0.4 is 0 Å². The van der Waals surface area contributed by atoms with Gasteiger partial charge >= 0.3 is 6.09 Å². The van der Waals surface area contributed by atoms with E-state index < -0.39 is 15.7 Å². The number of piperidine rings is 1. The van der Waals surface area contributed by atoms with Crippen molar-refractivity contribution in [3.8, 4) is 0 Å². The van der Waals surface area contributed by atoms with Crippen LogP contribution in [0.5, 0.6) is 0 Å². The first-order chi connectivity index (χ1) is 15.9. The van der Waals surface area contributed by atoms with Gasteiger partial charge in [-0.1, -0.05) is 12.1 Å². The summed E-state index contributed by atoms with van der Waals surface area (Å²) in [6.45, 7) is 4.88. The minimum absolute atomic E-state index is 0.0148. The van der Waals surface area contributed by atoms with Crippen molar-refractivity contribution in [2.45, 2.75) is 68.3 Å². The number of carbonyl (C=O) groups is 1. The molecular weight excluding hydrogens is 463 g/mol. The van der Waals surface area contributed by atoms with Crippen LogP contribution in [0.25, 0.3) is 0 Å². The second kappa shape index (κ2) is 9.09. The van der Waals surface area contributed by atoms with E-state index in [1.54, 1.807) is 4.90 Å². The van der Waals surface area contributed by atoms with Crippen molar-refractivity contribution in [1.82, 2.24) is 15.0 Å². The fraction of sp³-hybridized carbons (Fsp3) is 0.565. The fourth-order valence-electron chi connectivity index (χ4n) is 3.96. The van der Waals surface area contributed by atoms with Gasteiger partial charge in [-0.15, -0.1) is 0 Å². The van der Waals surface area contributed by atoms with E-state index in [0.29, 0.717) is 37.6 Å². The summed E-state index contributed by atoms with van der Waals surface area (Å²) in [5.74, 6) is -0.0919. The number of rotatable bonds is 7.